The van der Waals surface area contributed by atoms with Gasteiger partial charge < -0.3 is 0 Å². The summed E-state index contributed by atoms with van der Waals surface area (Å²) in [4.78, 5) is 13.9. The number of sulfonamides is 1. The van der Waals surface area contributed by atoms with Gasteiger partial charge in [0.2, 0.25) is 0 Å². The molecule has 0 unspecified atom stereocenters. The minimum absolute atomic E-state index is 0.0370. The van der Waals surface area contributed by atoms with E-state index < -0.39 is 21.7 Å². The van der Waals surface area contributed by atoms with E-state index in [9.17, 15) is 17.6 Å². The van der Waals surface area contributed by atoms with Gasteiger partial charge in [-0.1, -0.05) is 32.9 Å². The van der Waals surface area contributed by atoms with Crippen molar-refractivity contribution in [2.45, 2.75) is 31.1 Å². The SMILES string of the molecule is CC(C)(C)c1ccc(S(=O)(=O)NNC(=O)c2ccc(F)cc2)cc1. The lowest BCUT2D eigenvalue weighted by atomic mass is 9.87. The Morgan fingerprint density at radius 1 is 0.958 bits per heavy atom. The maximum absolute atomic E-state index is 12.8. The molecule has 2 aromatic rings. The molecule has 2 N–H and O–H groups in total. The number of carbonyl (C=O) groups is 1. The summed E-state index contributed by atoms with van der Waals surface area (Å²) in [6.45, 7) is 6.08. The lowest BCUT2D eigenvalue weighted by Crippen LogP contribution is -2.41. The predicted octanol–water partition coefficient (Wildman–Crippen LogP) is 2.75. The Bertz CT molecular complexity index is 824. The first-order chi connectivity index (χ1) is 11.1. The topological polar surface area (TPSA) is 75.3 Å². The Kier molecular flexibility index (Phi) is 5.05. The molecule has 0 bridgehead atoms. The summed E-state index contributed by atoms with van der Waals surface area (Å²) >= 11 is 0. The zero-order valence-electron chi connectivity index (χ0n) is 13.6. The van der Waals surface area contributed by atoms with Crippen LogP contribution in [0.4, 0.5) is 4.39 Å². The number of nitrogens with one attached hydrogen (secondary N) is 2. The number of benzene rings is 2. The van der Waals surface area contributed by atoms with Crippen LogP contribution in [0.25, 0.3) is 0 Å². The molecule has 0 aliphatic carbocycles. The molecule has 0 spiro atoms. The largest absolute Gasteiger partial charge is 0.273 e. The van der Waals surface area contributed by atoms with Crippen LogP contribution in [0.3, 0.4) is 0 Å². The average molecular weight is 350 g/mol. The number of amides is 1. The van der Waals surface area contributed by atoms with Crippen LogP contribution >= 0.6 is 0 Å². The molecule has 0 radical (unpaired) electrons. The highest BCUT2D eigenvalue weighted by molar-refractivity contribution is 7.89. The minimum Gasteiger partial charge on any atom is -0.273 e. The number of halogens is 1. The van der Waals surface area contributed by atoms with Crippen molar-refractivity contribution in [2.24, 2.45) is 0 Å². The van der Waals surface area contributed by atoms with E-state index in [2.05, 4.69) is 5.43 Å². The third kappa shape index (κ3) is 4.39. The van der Waals surface area contributed by atoms with Crippen LogP contribution in [0, 0.1) is 5.82 Å². The van der Waals surface area contributed by atoms with Crippen molar-refractivity contribution in [1.29, 1.82) is 0 Å². The molecule has 2 rings (SSSR count). The van der Waals surface area contributed by atoms with Crippen molar-refractivity contribution in [3.05, 3.63) is 65.5 Å². The number of hydrogen-bond acceptors (Lipinski definition) is 3. The fourth-order valence-electron chi connectivity index (χ4n) is 1.98. The van der Waals surface area contributed by atoms with Crippen LogP contribution in [-0.4, -0.2) is 14.3 Å². The van der Waals surface area contributed by atoms with Crippen molar-refractivity contribution < 1.29 is 17.6 Å². The van der Waals surface area contributed by atoms with Crippen molar-refractivity contribution in [3.8, 4) is 0 Å². The van der Waals surface area contributed by atoms with E-state index in [0.29, 0.717) is 0 Å². The minimum atomic E-state index is -3.89. The summed E-state index contributed by atoms with van der Waals surface area (Å²) in [5, 5.41) is 0. The van der Waals surface area contributed by atoms with Crippen molar-refractivity contribution in [1.82, 2.24) is 10.3 Å². The van der Waals surface area contributed by atoms with Crippen molar-refractivity contribution in [3.63, 3.8) is 0 Å². The Hall–Kier alpha value is -2.25. The summed E-state index contributed by atoms with van der Waals surface area (Å²) in [6.07, 6.45) is 0. The second-order valence-corrected chi connectivity index (χ2v) is 8.02. The van der Waals surface area contributed by atoms with Gasteiger partial charge in [-0.05, 0) is 47.4 Å². The smallest absolute Gasteiger partial charge is 0.266 e. The zero-order chi connectivity index (χ0) is 18.0. The summed E-state index contributed by atoms with van der Waals surface area (Å²) in [5.74, 6) is -1.16. The second-order valence-electron chi connectivity index (χ2n) is 6.34. The highest BCUT2D eigenvalue weighted by Crippen LogP contribution is 2.23. The van der Waals surface area contributed by atoms with Gasteiger partial charge in [-0.25, -0.2) is 12.8 Å². The summed E-state index contributed by atoms with van der Waals surface area (Å²) in [5.41, 5.74) is 3.15. The maximum Gasteiger partial charge on any atom is 0.266 e. The van der Waals surface area contributed by atoms with Crippen LogP contribution < -0.4 is 10.3 Å². The van der Waals surface area contributed by atoms with Gasteiger partial charge in [0.1, 0.15) is 5.82 Å². The summed E-state index contributed by atoms with van der Waals surface area (Å²) < 4.78 is 37.2. The monoisotopic (exact) mass is 350 g/mol. The first-order valence-corrected chi connectivity index (χ1v) is 8.76. The normalized spacial score (nSPS) is 12.0. The van der Waals surface area contributed by atoms with Crippen LogP contribution in [-0.2, 0) is 15.4 Å². The van der Waals surface area contributed by atoms with E-state index in [1.807, 2.05) is 25.6 Å². The third-order valence-electron chi connectivity index (χ3n) is 3.44. The van der Waals surface area contributed by atoms with Gasteiger partial charge >= 0.3 is 0 Å². The number of hydrazine groups is 1. The Balaban J connectivity index is 2.08. The van der Waals surface area contributed by atoms with Gasteiger partial charge in [-0.2, -0.15) is 0 Å². The van der Waals surface area contributed by atoms with E-state index >= 15 is 0 Å². The van der Waals surface area contributed by atoms with Gasteiger partial charge in [0.25, 0.3) is 15.9 Å². The number of carbonyl (C=O) groups excluding carboxylic acids is 1. The standard InChI is InChI=1S/C17H19FN2O3S/c1-17(2,3)13-6-10-15(11-7-13)24(22,23)20-19-16(21)12-4-8-14(18)9-5-12/h4-11,20H,1-3H3,(H,19,21). The lowest BCUT2D eigenvalue weighted by molar-refractivity contribution is 0.0945. The average Bonchev–Trinajstić information content (AvgIpc) is 2.53. The molecule has 24 heavy (non-hydrogen) atoms. The fourth-order valence-corrected chi connectivity index (χ4v) is 2.82. The van der Waals surface area contributed by atoms with E-state index in [1.165, 1.54) is 24.3 Å². The van der Waals surface area contributed by atoms with Gasteiger partial charge in [0.05, 0.1) is 4.90 Å². The van der Waals surface area contributed by atoms with Crippen molar-refractivity contribution >= 4 is 15.9 Å². The van der Waals surface area contributed by atoms with Crippen molar-refractivity contribution in [2.75, 3.05) is 0 Å². The molecule has 2 aromatic carbocycles. The second kappa shape index (κ2) is 6.70. The van der Waals surface area contributed by atoms with E-state index in [0.717, 1.165) is 17.7 Å². The first-order valence-electron chi connectivity index (χ1n) is 7.28. The molecule has 0 aliphatic rings. The molecule has 0 aromatic heterocycles. The maximum atomic E-state index is 12.8. The molecule has 0 heterocycles. The fraction of sp³-hybridized carbons (Fsp3) is 0.235. The first kappa shape index (κ1) is 18.1. The third-order valence-corrected chi connectivity index (χ3v) is 4.70. The van der Waals surface area contributed by atoms with E-state index in [1.54, 1.807) is 12.1 Å². The molecule has 5 nitrogen and oxygen atoms in total. The highest BCUT2D eigenvalue weighted by atomic mass is 32.2. The zero-order valence-corrected chi connectivity index (χ0v) is 14.4. The molecular formula is C17H19FN2O3S. The van der Waals surface area contributed by atoms with Gasteiger partial charge in [-0.3, -0.25) is 10.2 Å². The van der Waals surface area contributed by atoms with Gasteiger partial charge in [0, 0.05) is 5.56 Å². The molecule has 7 heteroatoms. The predicted molar refractivity (Wildman–Crippen MR) is 89.3 cm³/mol. The lowest BCUT2D eigenvalue weighted by Gasteiger charge is -2.19. The van der Waals surface area contributed by atoms with Crippen LogP contribution in [0.2, 0.25) is 0 Å². The van der Waals surface area contributed by atoms with E-state index in [4.69, 9.17) is 0 Å². The molecule has 1 amide bonds. The van der Waals surface area contributed by atoms with Crippen LogP contribution in [0.1, 0.15) is 36.7 Å². The van der Waals surface area contributed by atoms with Crippen LogP contribution in [0.5, 0.6) is 0 Å². The quantitative estimate of drug-likeness (QED) is 0.833. The van der Waals surface area contributed by atoms with Crippen LogP contribution in [0.15, 0.2) is 53.4 Å². The van der Waals surface area contributed by atoms with Gasteiger partial charge in [-0.15, -0.1) is 4.83 Å². The molecular weight excluding hydrogens is 331 g/mol. The van der Waals surface area contributed by atoms with E-state index in [-0.39, 0.29) is 15.9 Å². The summed E-state index contributed by atoms with van der Waals surface area (Å²) in [6, 6.07) is 11.2. The molecule has 0 aliphatic heterocycles. The molecule has 0 atom stereocenters. The molecule has 0 fully saturated rings. The molecule has 128 valence electrons. The Morgan fingerprint density at radius 2 is 1.50 bits per heavy atom. The number of hydrogen-bond donors (Lipinski definition) is 2. The summed E-state index contributed by atoms with van der Waals surface area (Å²) in [7, 11) is -3.89. The molecule has 0 saturated heterocycles. The molecule has 0 saturated carbocycles. The number of rotatable bonds is 4. The van der Waals surface area contributed by atoms with Gasteiger partial charge in [0.15, 0.2) is 0 Å². The Morgan fingerprint density at radius 3 is 2.00 bits per heavy atom. The highest BCUT2D eigenvalue weighted by Gasteiger charge is 2.18. The Labute approximate surface area is 140 Å².